The first-order valence-electron chi connectivity index (χ1n) is 10.1. The zero-order chi connectivity index (χ0) is 30.3. The van der Waals surface area contributed by atoms with Gasteiger partial charge in [-0.1, -0.05) is 6.07 Å². The Kier molecular flexibility index (Phi) is 10.4. The van der Waals surface area contributed by atoms with Crippen molar-refractivity contribution in [3.05, 3.63) is 62.6 Å². The fraction of sp³-hybridized carbons (Fsp3) is 0.263. The number of nitro groups is 1. The molecule has 0 saturated heterocycles. The number of non-ortho nitro benzene ring substituents is 1. The zero-order valence-corrected chi connectivity index (χ0v) is 20.8. The number of carboxylic acid groups (broad SMARTS) is 1. The van der Waals surface area contributed by atoms with Crippen LogP contribution in [-0.4, -0.2) is 53.1 Å². The van der Waals surface area contributed by atoms with Gasteiger partial charge in [0.2, 0.25) is 11.9 Å². The van der Waals surface area contributed by atoms with Crippen LogP contribution in [-0.2, 0) is 24.4 Å². The van der Waals surface area contributed by atoms with E-state index in [0.717, 1.165) is 22.8 Å². The molecule has 0 radical (unpaired) electrons. The van der Waals surface area contributed by atoms with Crippen LogP contribution >= 0.6 is 0 Å². The minimum atomic E-state index is -5.08. The van der Waals surface area contributed by atoms with Crippen LogP contribution in [0.2, 0.25) is 0 Å². The van der Waals surface area contributed by atoms with Crippen LogP contribution in [0, 0.1) is 17.0 Å². The molecule has 214 valence electrons. The number of nitrogens with two attached hydrogens (primary N) is 3. The third-order valence-corrected chi connectivity index (χ3v) is 5.85. The number of anilines is 1. The largest absolute Gasteiger partial charge is 0.490 e. The van der Waals surface area contributed by atoms with Crippen molar-refractivity contribution in [1.82, 2.24) is 4.57 Å². The van der Waals surface area contributed by atoms with E-state index in [-0.39, 0.29) is 5.69 Å². The predicted molar refractivity (Wildman–Crippen MR) is 128 cm³/mol. The number of guanidine groups is 1. The molecule has 39 heavy (non-hydrogen) atoms. The molecule has 1 amide bonds. The number of hydrogen-bond donors (Lipinski definition) is 5. The maximum atomic E-state index is 13.0. The van der Waals surface area contributed by atoms with E-state index in [0.29, 0.717) is 0 Å². The summed E-state index contributed by atoms with van der Waals surface area (Å²) in [6.45, 7) is 2.87. The molecule has 0 aliphatic heterocycles. The van der Waals surface area contributed by atoms with Crippen molar-refractivity contribution in [3.63, 3.8) is 0 Å². The molecule has 1 aromatic heterocycles. The number of alkyl halides is 3. The first-order valence-corrected chi connectivity index (χ1v) is 11.6. The standard InChI is InChI=1S/C17H21N7O7S.C2HF3O2/c1-9-6-7-13(22-32(29,30)12-5-3-4-11(8-12)24(27)28)16(26)23(9)14(15(18)25)10(2)31-21-17(19)20;3-2(4,5)1(6)7/h3-8,10,14,22H,1-2H3,(H2,18,25)(H4,19,20,21);(H,6,7). The van der Waals surface area contributed by atoms with Crippen molar-refractivity contribution in [2.24, 2.45) is 22.4 Å². The zero-order valence-electron chi connectivity index (χ0n) is 19.9. The second kappa shape index (κ2) is 12.6. The van der Waals surface area contributed by atoms with Gasteiger partial charge in [-0.2, -0.15) is 13.2 Å². The van der Waals surface area contributed by atoms with Crippen LogP contribution < -0.4 is 27.5 Å². The molecule has 0 fully saturated rings. The highest BCUT2D eigenvalue weighted by Crippen LogP contribution is 2.21. The molecule has 2 rings (SSSR count). The molecule has 20 heteroatoms. The average Bonchev–Trinajstić information content (AvgIpc) is 2.81. The van der Waals surface area contributed by atoms with Gasteiger partial charge in [0.25, 0.3) is 21.3 Å². The number of aliphatic carboxylic acids is 1. The highest BCUT2D eigenvalue weighted by atomic mass is 32.2. The summed E-state index contributed by atoms with van der Waals surface area (Å²) in [5.74, 6) is -4.15. The van der Waals surface area contributed by atoms with Crippen molar-refractivity contribution in [1.29, 1.82) is 0 Å². The number of rotatable bonds is 9. The van der Waals surface area contributed by atoms with Crippen LogP contribution in [0.1, 0.15) is 18.7 Å². The number of nitro benzene ring substituents is 1. The second-order valence-electron chi connectivity index (χ2n) is 7.40. The van der Waals surface area contributed by atoms with Crippen molar-refractivity contribution < 1.29 is 46.0 Å². The monoisotopic (exact) mass is 581 g/mol. The van der Waals surface area contributed by atoms with Gasteiger partial charge in [-0.15, -0.1) is 0 Å². The number of carbonyl (C=O) groups excluding carboxylic acids is 1. The molecule has 1 heterocycles. The van der Waals surface area contributed by atoms with Crippen molar-refractivity contribution in [2.45, 2.75) is 37.1 Å². The first-order chi connectivity index (χ1) is 17.8. The summed E-state index contributed by atoms with van der Waals surface area (Å²) >= 11 is 0. The van der Waals surface area contributed by atoms with Crippen LogP contribution in [0.4, 0.5) is 24.5 Å². The SMILES string of the molecule is Cc1ccc(NS(=O)(=O)c2cccc([N+](=O)[O-])c2)c(=O)n1C(C(N)=O)C(C)ON=C(N)N.O=C(O)C(F)(F)F. The molecule has 16 nitrogen and oxygen atoms in total. The van der Waals surface area contributed by atoms with Gasteiger partial charge in [0.05, 0.1) is 9.82 Å². The summed E-state index contributed by atoms with van der Waals surface area (Å²) in [6.07, 6.45) is -6.19. The molecule has 2 aromatic rings. The van der Waals surface area contributed by atoms with E-state index in [1.807, 2.05) is 0 Å². The molecular weight excluding hydrogens is 559 g/mol. The van der Waals surface area contributed by atoms with Crippen LogP contribution in [0.15, 0.2) is 51.2 Å². The Hall–Kier alpha value is -4.88. The number of hydrogen-bond acceptors (Lipinski definition) is 9. The van der Waals surface area contributed by atoms with Gasteiger partial charge < -0.3 is 27.1 Å². The lowest BCUT2D eigenvalue weighted by Crippen LogP contribution is -2.42. The maximum Gasteiger partial charge on any atom is 0.490 e. The Morgan fingerprint density at radius 3 is 2.23 bits per heavy atom. The Balaban J connectivity index is 0.000000956. The van der Waals surface area contributed by atoms with E-state index in [1.165, 1.54) is 32.0 Å². The fourth-order valence-corrected chi connectivity index (χ4v) is 3.90. The Bertz CT molecular complexity index is 1440. The summed E-state index contributed by atoms with van der Waals surface area (Å²) < 4.78 is 60.1. The Labute approximate surface area is 217 Å². The third-order valence-electron chi connectivity index (χ3n) is 4.48. The number of pyridine rings is 1. The smallest absolute Gasteiger partial charge is 0.475 e. The lowest BCUT2D eigenvalue weighted by atomic mass is 10.1. The van der Waals surface area contributed by atoms with Gasteiger partial charge in [0.15, 0.2) is 12.1 Å². The fourth-order valence-electron chi connectivity index (χ4n) is 2.81. The summed E-state index contributed by atoms with van der Waals surface area (Å²) in [6, 6.07) is 5.43. The highest BCUT2D eigenvalue weighted by molar-refractivity contribution is 7.92. The quantitative estimate of drug-likeness (QED) is 0.115. The number of nitrogens with zero attached hydrogens (tertiary/aromatic N) is 3. The van der Waals surface area contributed by atoms with E-state index in [1.54, 1.807) is 0 Å². The van der Waals surface area contributed by atoms with Crippen LogP contribution in [0.3, 0.4) is 0 Å². The van der Waals surface area contributed by atoms with Gasteiger partial charge in [-0.05, 0) is 37.2 Å². The van der Waals surface area contributed by atoms with Gasteiger partial charge in [0, 0.05) is 17.8 Å². The summed E-state index contributed by atoms with van der Waals surface area (Å²) in [5.41, 5.74) is 14.3. The number of carboxylic acids is 1. The molecule has 1 aromatic carbocycles. The number of aromatic nitrogens is 1. The van der Waals surface area contributed by atoms with Gasteiger partial charge in [0.1, 0.15) is 5.69 Å². The van der Waals surface area contributed by atoms with Gasteiger partial charge >= 0.3 is 12.1 Å². The summed E-state index contributed by atoms with van der Waals surface area (Å²) in [5, 5.41) is 21.4. The minimum absolute atomic E-state index is 0.261. The normalized spacial score (nSPS) is 12.6. The van der Waals surface area contributed by atoms with Crippen LogP contribution in [0.25, 0.3) is 0 Å². The molecule has 0 spiro atoms. The average molecular weight is 581 g/mol. The molecule has 2 atom stereocenters. The summed E-state index contributed by atoms with van der Waals surface area (Å²) in [4.78, 5) is 48.8. The molecule has 2 unspecified atom stereocenters. The van der Waals surface area contributed by atoms with E-state index in [2.05, 4.69) is 9.88 Å². The molecule has 0 aliphatic carbocycles. The molecule has 8 N–H and O–H groups in total. The molecule has 0 saturated carbocycles. The number of nitrogens with one attached hydrogen (secondary N) is 1. The lowest BCUT2D eigenvalue weighted by Gasteiger charge is -2.24. The van der Waals surface area contributed by atoms with Crippen molar-refractivity contribution in [3.8, 4) is 0 Å². The van der Waals surface area contributed by atoms with Crippen molar-refractivity contribution in [2.75, 3.05) is 4.72 Å². The maximum absolute atomic E-state index is 13.0. The number of sulfonamides is 1. The van der Waals surface area contributed by atoms with E-state index < -0.39 is 72.9 Å². The minimum Gasteiger partial charge on any atom is -0.475 e. The number of halogens is 3. The van der Waals surface area contributed by atoms with Crippen molar-refractivity contribution >= 4 is 39.2 Å². The van der Waals surface area contributed by atoms with Gasteiger partial charge in [-0.25, -0.2) is 13.2 Å². The van der Waals surface area contributed by atoms with E-state index in [4.69, 9.17) is 31.9 Å². The lowest BCUT2D eigenvalue weighted by molar-refractivity contribution is -0.385. The molecular formula is C19H22F3N7O9S. The van der Waals surface area contributed by atoms with Crippen LogP contribution in [0.5, 0.6) is 0 Å². The number of carbonyl (C=O) groups is 2. The Morgan fingerprint density at radius 2 is 1.77 bits per heavy atom. The summed E-state index contributed by atoms with van der Waals surface area (Å²) in [7, 11) is -4.38. The third kappa shape index (κ3) is 8.87. The number of benzene rings is 1. The predicted octanol–water partition coefficient (Wildman–Crippen LogP) is 0.119. The highest BCUT2D eigenvalue weighted by Gasteiger charge is 2.38. The molecule has 0 bridgehead atoms. The topological polar surface area (TPSA) is 265 Å². The second-order valence-corrected chi connectivity index (χ2v) is 9.08. The van der Waals surface area contributed by atoms with E-state index >= 15 is 0 Å². The number of oxime groups is 1. The number of primary amides is 1. The Morgan fingerprint density at radius 1 is 1.21 bits per heavy atom. The van der Waals surface area contributed by atoms with E-state index in [9.17, 15) is 41.3 Å². The number of aryl methyl sites for hydroxylation is 1. The van der Waals surface area contributed by atoms with Gasteiger partial charge in [-0.3, -0.25) is 29.0 Å². The first kappa shape index (κ1) is 32.1. The number of amides is 1. The molecule has 0 aliphatic rings.